The van der Waals surface area contributed by atoms with E-state index in [1.807, 2.05) is 31.3 Å². The number of aromatic amines is 1. The summed E-state index contributed by atoms with van der Waals surface area (Å²) in [6, 6.07) is 7.81. The standard InChI is InChI=1S/C21H29N3O3/c1-2-10-22-21(27)15-11-18(19(25)12-15)24-20(26)9-5-6-14-13-23-17-8-4-3-7-16(14)17/h3-4,7-8,13,15,18-19,23,25H,2,5-6,9-12H2,1H3,(H,22,27)(H,24,26)/t15-,18-,19-/m0/s1. The topological polar surface area (TPSA) is 94.2 Å². The van der Waals surface area contributed by atoms with Gasteiger partial charge in [0.2, 0.25) is 11.8 Å². The summed E-state index contributed by atoms with van der Waals surface area (Å²) in [5.41, 5.74) is 2.32. The van der Waals surface area contributed by atoms with E-state index in [-0.39, 0.29) is 23.8 Å². The van der Waals surface area contributed by atoms with Crippen LogP contribution in [0.3, 0.4) is 0 Å². The smallest absolute Gasteiger partial charge is 0.223 e. The number of H-pyrrole nitrogens is 1. The Bertz CT molecular complexity index is 786. The van der Waals surface area contributed by atoms with Gasteiger partial charge in [-0.05, 0) is 43.7 Å². The molecule has 1 aliphatic rings. The summed E-state index contributed by atoms with van der Waals surface area (Å²) in [5, 5.41) is 17.2. The number of carbonyl (C=O) groups is 2. The molecule has 0 bridgehead atoms. The second kappa shape index (κ2) is 9.04. The van der Waals surface area contributed by atoms with Gasteiger partial charge in [-0.1, -0.05) is 25.1 Å². The minimum absolute atomic E-state index is 0.0213. The van der Waals surface area contributed by atoms with Crippen molar-refractivity contribution in [1.29, 1.82) is 0 Å². The fourth-order valence-electron chi connectivity index (χ4n) is 3.83. The van der Waals surface area contributed by atoms with Crippen molar-refractivity contribution >= 4 is 22.7 Å². The lowest BCUT2D eigenvalue weighted by Gasteiger charge is -2.16. The molecule has 4 N–H and O–H groups in total. The third-order valence-corrected chi connectivity index (χ3v) is 5.32. The number of hydrogen-bond acceptors (Lipinski definition) is 3. The molecule has 0 aliphatic heterocycles. The van der Waals surface area contributed by atoms with E-state index >= 15 is 0 Å². The van der Waals surface area contributed by atoms with Gasteiger partial charge in [-0.15, -0.1) is 0 Å². The van der Waals surface area contributed by atoms with Crippen molar-refractivity contribution in [2.75, 3.05) is 6.54 Å². The number of fused-ring (bicyclic) bond motifs is 1. The lowest BCUT2D eigenvalue weighted by atomic mass is 10.1. The average molecular weight is 371 g/mol. The van der Waals surface area contributed by atoms with Crippen LogP contribution in [-0.2, 0) is 16.0 Å². The first-order valence-electron chi connectivity index (χ1n) is 9.88. The highest BCUT2D eigenvalue weighted by Crippen LogP contribution is 2.26. The summed E-state index contributed by atoms with van der Waals surface area (Å²) in [6.45, 7) is 2.65. The number of aliphatic hydroxyl groups excluding tert-OH is 1. The van der Waals surface area contributed by atoms with Gasteiger partial charge in [0.15, 0.2) is 0 Å². The molecule has 0 unspecified atom stereocenters. The second-order valence-corrected chi connectivity index (χ2v) is 7.41. The highest BCUT2D eigenvalue weighted by molar-refractivity contribution is 5.83. The predicted octanol–water partition coefficient (Wildman–Crippen LogP) is 2.27. The van der Waals surface area contributed by atoms with Crippen LogP contribution in [0.25, 0.3) is 10.9 Å². The quantitative estimate of drug-likeness (QED) is 0.573. The lowest BCUT2D eigenvalue weighted by molar-refractivity contribution is -0.125. The van der Waals surface area contributed by atoms with Crippen molar-refractivity contribution in [3.05, 3.63) is 36.0 Å². The summed E-state index contributed by atoms with van der Waals surface area (Å²) in [5.74, 6) is -0.302. The Labute approximate surface area is 159 Å². The maximum Gasteiger partial charge on any atom is 0.223 e. The number of rotatable bonds is 8. The Morgan fingerprint density at radius 1 is 1.26 bits per heavy atom. The van der Waals surface area contributed by atoms with Gasteiger partial charge in [0, 0.05) is 36.0 Å². The van der Waals surface area contributed by atoms with Gasteiger partial charge in [0.05, 0.1) is 12.1 Å². The molecule has 2 amide bonds. The molecule has 2 aromatic rings. The number of para-hydroxylation sites is 1. The van der Waals surface area contributed by atoms with Crippen LogP contribution >= 0.6 is 0 Å². The van der Waals surface area contributed by atoms with Crippen LogP contribution in [0, 0.1) is 5.92 Å². The monoisotopic (exact) mass is 371 g/mol. The number of nitrogens with one attached hydrogen (secondary N) is 3. The van der Waals surface area contributed by atoms with Gasteiger partial charge >= 0.3 is 0 Å². The molecule has 6 nitrogen and oxygen atoms in total. The normalized spacial score (nSPS) is 22.1. The first-order valence-corrected chi connectivity index (χ1v) is 9.88. The maximum atomic E-state index is 12.3. The molecule has 1 saturated carbocycles. The molecule has 1 fully saturated rings. The maximum absolute atomic E-state index is 12.3. The summed E-state index contributed by atoms with van der Waals surface area (Å²) >= 11 is 0. The summed E-state index contributed by atoms with van der Waals surface area (Å²) in [4.78, 5) is 27.6. The van der Waals surface area contributed by atoms with Gasteiger partial charge < -0.3 is 20.7 Å². The Morgan fingerprint density at radius 3 is 2.89 bits per heavy atom. The lowest BCUT2D eigenvalue weighted by Crippen LogP contribution is -2.40. The molecule has 3 atom stereocenters. The van der Waals surface area contributed by atoms with Crippen molar-refractivity contribution in [3.63, 3.8) is 0 Å². The zero-order valence-electron chi connectivity index (χ0n) is 15.8. The fourth-order valence-corrected chi connectivity index (χ4v) is 3.83. The van der Waals surface area contributed by atoms with Gasteiger partial charge in [-0.3, -0.25) is 9.59 Å². The van der Waals surface area contributed by atoms with Gasteiger partial charge in [-0.2, -0.15) is 0 Å². The van der Waals surface area contributed by atoms with Crippen LogP contribution in [0.2, 0.25) is 0 Å². The molecule has 1 aromatic heterocycles. The van der Waals surface area contributed by atoms with Crippen LogP contribution in [0.5, 0.6) is 0 Å². The molecule has 1 aromatic carbocycles. The highest BCUT2D eigenvalue weighted by atomic mass is 16.3. The van der Waals surface area contributed by atoms with E-state index in [2.05, 4.69) is 21.7 Å². The van der Waals surface area contributed by atoms with Crippen molar-refractivity contribution in [3.8, 4) is 0 Å². The van der Waals surface area contributed by atoms with E-state index in [4.69, 9.17) is 0 Å². The van der Waals surface area contributed by atoms with E-state index in [9.17, 15) is 14.7 Å². The molecular weight excluding hydrogens is 342 g/mol. The van der Waals surface area contributed by atoms with Crippen molar-refractivity contribution in [1.82, 2.24) is 15.6 Å². The molecular formula is C21H29N3O3. The second-order valence-electron chi connectivity index (χ2n) is 7.41. The fraction of sp³-hybridized carbons (Fsp3) is 0.524. The average Bonchev–Trinajstić information content (AvgIpc) is 3.24. The number of aliphatic hydroxyl groups is 1. The molecule has 0 spiro atoms. The zero-order valence-corrected chi connectivity index (χ0v) is 15.8. The minimum atomic E-state index is -0.653. The number of hydrogen-bond donors (Lipinski definition) is 4. The van der Waals surface area contributed by atoms with Crippen LogP contribution in [0.4, 0.5) is 0 Å². The SMILES string of the molecule is CCCNC(=O)[C@H]1C[C@H](NC(=O)CCCc2c[nH]c3ccccc23)[C@@H](O)C1. The number of benzene rings is 1. The van der Waals surface area contributed by atoms with Gasteiger partial charge in [0.1, 0.15) is 0 Å². The molecule has 1 aliphatic carbocycles. The zero-order chi connectivity index (χ0) is 19.2. The molecule has 3 rings (SSSR count). The summed E-state index contributed by atoms with van der Waals surface area (Å²) in [6.07, 6.45) is 5.14. The van der Waals surface area contributed by atoms with E-state index < -0.39 is 6.10 Å². The van der Waals surface area contributed by atoms with Crippen LogP contribution in [0.1, 0.15) is 44.6 Å². The molecule has 27 heavy (non-hydrogen) atoms. The minimum Gasteiger partial charge on any atom is -0.391 e. The van der Waals surface area contributed by atoms with E-state index in [1.165, 1.54) is 10.9 Å². The Morgan fingerprint density at radius 2 is 2.07 bits per heavy atom. The largest absolute Gasteiger partial charge is 0.391 e. The first-order chi connectivity index (χ1) is 13.1. The highest BCUT2D eigenvalue weighted by Gasteiger charge is 2.37. The Hall–Kier alpha value is -2.34. The van der Waals surface area contributed by atoms with Gasteiger partial charge in [-0.25, -0.2) is 0 Å². The van der Waals surface area contributed by atoms with E-state index in [1.54, 1.807) is 0 Å². The Kier molecular flexibility index (Phi) is 6.50. The summed E-state index contributed by atoms with van der Waals surface area (Å²) < 4.78 is 0. The van der Waals surface area contributed by atoms with Crippen LogP contribution in [0.15, 0.2) is 30.5 Å². The molecule has 1 heterocycles. The third kappa shape index (κ3) is 4.89. The summed E-state index contributed by atoms with van der Waals surface area (Å²) in [7, 11) is 0. The van der Waals surface area contributed by atoms with Crippen LogP contribution < -0.4 is 10.6 Å². The number of aromatic nitrogens is 1. The van der Waals surface area contributed by atoms with E-state index in [0.29, 0.717) is 25.8 Å². The first kappa shape index (κ1) is 19.4. The molecule has 0 radical (unpaired) electrons. The number of amides is 2. The molecule has 146 valence electrons. The van der Waals surface area contributed by atoms with E-state index in [0.717, 1.165) is 24.8 Å². The Balaban J connectivity index is 1.43. The van der Waals surface area contributed by atoms with Gasteiger partial charge in [0.25, 0.3) is 0 Å². The number of aryl methyl sites for hydroxylation is 1. The predicted molar refractivity (Wildman–Crippen MR) is 105 cm³/mol. The van der Waals surface area contributed by atoms with Crippen molar-refractivity contribution < 1.29 is 14.7 Å². The van der Waals surface area contributed by atoms with Crippen molar-refractivity contribution in [2.45, 2.75) is 57.6 Å². The third-order valence-electron chi connectivity index (χ3n) is 5.32. The van der Waals surface area contributed by atoms with Crippen LogP contribution in [-0.4, -0.2) is 40.6 Å². The molecule has 0 saturated heterocycles. The molecule has 6 heteroatoms. The number of carbonyl (C=O) groups excluding carboxylic acids is 2. The van der Waals surface area contributed by atoms with Crippen molar-refractivity contribution in [2.24, 2.45) is 5.92 Å².